The van der Waals surface area contributed by atoms with Gasteiger partial charge in [0.05, 0.1) is 13.5 Å². The van der Waals surface area contributed by atoms with E-state index in [0.717, 1.165) is 16.7 Å². The lowest BCUT2D eigenvalue weighted by molar-refractivity contribution is -0.138. The molecule has 0 bridgehead atoms. The molecule has 0 aliphatic rings. The van der Waals surface area contributed by atoms with Gasteiger partial charge < -0.3 is 9.84 Å². The Bertz CT molecular complexity index is 898. The number of aliphatic carboxylic acids is 1. The molecule has 0 spiro atoms. The van der Waals surface area contributed by atoms with Gasteiger partial charge in [-0.2, -0.15) is 0 Å². The van der Waals surface area contributed by atoms with E-state index in [1.54, 1.807) is 19.4 Å². The second kappa shape index (κ2) is 9.85. The van der Waals surface area contributed by atoms with Crippen LogP contribution in [0.5, 0.6) is 5.88 Å². The Balaban J connectivity index is 2.01. The van der Waals surface area contributed by atoms with Crippen molar-refractivity contribution in [2.45, 2.75) is 32.0 Å². The summed E-state index contributed by atoms with van der Waals surface area (Å²) >= 11 is 0. The summed E-state index contributed by atoms with van der Waals surface area (Å²) in [7, 11) is 1.57. The van der Waals surface area contributed by atoms with Crippen molar-refractivity contribution in [2.75, 3.05) is 7.11 Å². The highest BCUT2D eigenvalue weighted by atomic mass is 16.5. The number of rotatable bonds is 9. The van der Waals surface area contributed by atoms with Gasteiger partial charge in [0.2, 0.25) is 5.88 Å². The molecule has 1 aromatic heterocycles. The third-order valence-corrected chi connectivity index (χ3v) is 5.11. The Morgan fingerprint density at radius 1 is 1.00 bits per heavy atom. The number of nitrogens with zero attached hydrogens (tertiary/aromatic N) is 2. The zero-order chi connectivity index (χ0) is 20.6. The maximum atomic E-state index is 11.8. The molecule has 0 amide bonds. The summed E-state index contributed by atoms with van der Waals surface area (Å²) in [5, 5.41) is 9.64. The van der Waals surface area contributed by atoms with Gasteiger partial charge in [0.1, 0.15) is 0 Å². The molecule has 1 N–H and O–H groups in total. The molecule has 29 heavy (non-hydrogen) atoms. The van der Waals surface area contributed by atoms with Crippen molar-refractivity contribution in [1.29, 1.82) is 0 Å². The van der Waals surface area contributed by atoms with Crippen LogP contribution < -0.4 is 4.74 Å². The summed E-state index contributed by atoms with van der Waals surface area (Å²) in [6, 6.07) is 23.6. The van der Waals surface area contributed by atoms with Gasteiger partial charge in [0.25, 0.3) is 0 Å². The van der Waals surface area contributed by atoms with E-state index >= 15 is 0 Å². The van der Waals surface area contributed by atoms with Crippen LogP contribution in [0.4, 0.5) is 0 Å². The van der Waals surface area contributed by atoms with E-state index in [-0.39, 0.29) is 18.5 Å². The highest BCUT2D eigenvalue weighted by Crippen LogP contribution is 2.34. The molecular weight excluding hydrogens is 364 g/mol. The van der Waals surface area contributed by atoms with Crippen LogP contribution in [0, 0.1) is 0 Å². The van der Waals surface area contributed by atoms with Crippen LogP contribution in [0.2, 0.25) is 0 Å². The van der Waals surface area contributed by atoms with Gasteiger partial charge in [-0.3, -0.25) is 9.69 Å². The van der Waals surface area contributed by atoms with Crippen molar-refractivity contribution in [3.63, 3.8) is 0 Å². The number of pyridine rings is 1. The first-order valence-electron chi connectivity index (χ1n) is 9.65. The van der Waals surface area contributed by atoms with Gasteiger partial charge in [0, 0.05) is 30.9 Å². The van der Waals surface area contributed by atoms with Gasteiger partial charge in [-0.25, -0.2) is 4.98 Å². The Morgan fingerprint density at radius 2 is 1.66 bits per heavy atom. The summed E-state index contributed by atoms with van der Waals surface area (Å²) in [6.07, 6.45) is 1.69. The fourth-order valence-electron chi connectivity index (χ4n) is 3.54. The summed E-state index contributed by atoms with van der Waals surface area (Å²) in [4.78, 5) is 18.3. The number of hydrogen-bond donors (Lipinski definition) is 1. The van der Waals surface area contributed by atoms with Crippen molar-refractivity contribution in [1.82, 2.24) is 9.88 Å². The van der Waals surface area contributed by atoms with E-state index in [2.05, 4.69) is 41.1 Å². The molecule has 3 aromatic rings. The van der Waals surface area contributed by atoms with Crippen LogP contribution in [-0.4, -0.2) is 28.1 Å². The maximum Gasteiger partial charge on any atom is 0.305 e. The second-order valence-corrected chi connectivity index (χ2v) is 6.99. The number of carboxylic acid groups (broad SMARTS) is 1. The van der Waals surface area contributed by atoms with Gasteiger partial charge in [0.15, 0.2) is 0 Å². The first-order chi connectivity index (χ1) is 14.1. The Hall–Kier alpha value is -3.18. The molecule has 5 heteroatoms. The number of benzene rings is 2. The summed E-state index contributed by atoms with van der Waals surface area (Å²) in [5.41, 5.74) is 3.12. The third-order valence-electron chi connectivity index (χ3n) is 5.11. The Morgan fingerprint density at radius 3 is 2.21 bits per heavy atom. The monoisotopic (exact) mass is 390 g/mol. The summed E-state index contributed by atoms with van der Waals surface area (Å²) < 4.78 is 5.16. The molecule has 0 saturated heterocycles. The SMILES string of the molecule is COc1ccc([C@H](CC(=O)O)N(Cc2ccccc2)[C@H](C)c2ccccc2)cn1. The molecule has 2 atom stereocenters. The predicted octanol–water partition coefficient (Wildman–Crippen LogP) is 4.87. The minimum Gasteiger partial charge on any atom is -0.481 e. The molecule has 0 unspecified atom stereocenters. The van der Waals surface area contributed by atoms with Crippen LogP contribution in [0.1, 0.15) is 42.1 Å². The van der Waals surface area contributed by atoms with Crippen molar-refractivity contribution in [3.8, 4) is 5.88 Å². The maximum absolute atomic E-state index is 11.8. The molecule has 0 fully saturated rings. The molecule has 3 rings (SSSR count). The molecule has 1 heterocycles. The normalized spacial score (nSPS) is 13.1. The Labute approximate surface area is 171 Å². The lowest BCUT2D eigenvalue weighted by Crippen LogP contribution is -2.32. The molecule has 2 aromatic carbocycles. The molecule has 0 aliphatic carbocycles. The van der Waals surface area contributed by atoms with Crippen molar-refractivity contribution >= 4 is 5.97 Å². The van der Waals surface area contributed by atoms with Crippen LogP contribution in [0.15, 0.2) is 79.0 Å². The zero-order valence-electron chi connectivity index (χ0n) is 16.7. The Kier molecular flexibility index (Phi) is 6.98. The number of hydrogen-bond acceptors (Lipinski definition) is 4. The highest BCUT2D eigenvalue weighted by Gasteiger charge is 2.28. The first-order valence-corrected chi connectivity index (χ1v) is 9.65. The van der Waals surface area contributed by atoms with Gasteiger partial charge in [-0.05, 0) is 23.6 Å². The topological polar surface area (TPSA) is 62.7 Å². The highest BCUT2D eigenvalue weighted by molar-refractivity contribution is 5.68. The largest absolute Gasteiger partial charge is 0.481 e. The van der Waals surface area contributed by atoms with E-state index < -0.39 is 5.97 Å². The number of carboxylic acids is 1. The fraction of sp³-hybridized carbons (Fsp3) is 0.250. The quantitative estimate of drug-likeness (QED) is 0.565. The smallest absolute Gasteiger partial charge is 0.305 e. The van der Waals surface area contributed by atoms with Crippen molar-refractivity contribution in [2.24, 2.45) is 0 Å². The van der Waals surface area contributed by atoms with E-state index in [1.165, 1.54) is 0 Å². The summed E-state index contributed by atoms with van der Waals surface area (Å²) in [6.45, 7) is 2.74. The average Bonchev–Trinajstić information content (AvgIpc) is 2.77. The van der Waals surface area contributed by atoms with Crippen LogP contribution in [0.3, 0.4) is 0 Å². The zero-order valence-corrected chi connectivity index (χ0v) is 16.7. The van der Waals surface area contributed by atoms with Gasteiger partial charge >= 0.3 is 5.97 Å². The van der Waals surface area contributed by atoms with Crippen molar-refractivity contribution in [3.05, 3.63) is 95.7 Å². The van der Waals surface area contributed by atoms with Gasteiger partial charge in [-0.1, -0.05) is 66.7 Å². The molecule has 0 radical (unpaired) electrons. The lowest BCUT2D eigenvalue weighted by Gasteiger charge is -2.36. The molecule has 5 nitrogen and oxygen atoms in total. The van der Waals surface area contributed by atoms with Crippen LogP contribution >= 0.6 is 0 Å². The lowest BCUT2D eigenvalue weighted by atomic mass is 9.97. The predicted molar refractivity (Wildman–Crippen MR) is 113 cm³/mol. The van der Waals surface area contributed by atoms with E-state index in [4.69, 9.17) is 4.74 Å². The average molecular weight is 390 g/mol. The number of carbonyl (C=O) groups is 1. The second-order valence-electron chi connectivity index (χ2n) is 6.99. The van der Waals surface area contributed by atoms with E-state index in [0.29, 0.717) is 12.4 Å². The number of ether oxygens (including phenoxy) is 1. The van der Waals surface area contributed by atoms with Crippen LogP contribution in [0.25, 0.3) is 0 Å². The van der Waals surface area contributed by atoms with Crippen molar-refractivity contribution < 1.29 is 14.6 Å². The standard InChI is InChI=1S/C24H26N2O3/c1-18(20-11-7-4-8-12-20)26(17-19-9-5-3-6-10-19)22(15-24(27)28)21-13-14-23(29-2)25-16-21/h3-14,16,18,22H,15,17H2,1-2H3,(H,27,28)/t18-,22+/m1/s1. The minimum absolute atomic E-state index is 0.0159. The molecular formula is C24H26N2O3. The van der Waals surface area contributed by atoms with E-state index in [1.807, 2.05) is 42.5 Å². The number of aromatic nitrogens is 1. The fourth-order valence-corrected chi connectivity index (χ4v) is 3.54. The summed E-state index contributed by atoms with van der Waals surface area (Å²) in [5.74, 6) is -0.335. The minimum atomic E-state index is -0.843. The first kappa shape index (κ1) is 20.6. The third kappa shape index (κ3) is 5.42. The number of methoxy groups -OCH3 is 1. The van der Waals surface area contributed by atoms with E-state index in [9.17, 15) is 9.90 Å². The molecule has 0 saturated carbocycles. The molecule has 150 valence electrons. The molecule has 0 aliphatic heterocycles. The van der Waals surface area contributed by atoms with Crippen LogP contribution in [-0.2, 0) is 11.3 Å². The van der Waals surface area contributed by atoms with Gasteiger partial charge in [-0.15, -0.1) is 0 Å².